The summed E-state index contributed by atoms with van der Waals surface area (Å²) in [7, 11) is -3.51. The number of carbonyl (C=O) groups is 2. The number of hydrogen-bond donors (Lipinski definition) is 1. The first-order chi connectivity index (χ1) is 30.5. The molecule has 3 aliphatic carbocycles. The fourth-order valence-corrected chi connectivity index (χ4v) is 11.1. The van der Waals surface area contributed by atoms with Gasteiger partial charge < -0.3 is 18.7 Å². The highest BCUT2D eigenvalue weighted by Crippen LogP contribution is 2.58. The number of amides is 1. The van der Waals surface area contributed by atoms with Crippen molar-refractivity contribution in [3.8, 4) is 11.5 Å². The molecule has 4 atom stereocenters. The lowest BCUT2D eigenvalue weighted by Gasteiger charge is -2.51. The maximum atomic E-state index is 14.5. The highest BCUT2D eigenvalue weighted by molar-refractivity contribution is 7.47. The van der Waals surface area contributed by atoms with Crippen molar-refractivity contribution in [2.75, 3.05) is 31.8 Å². The third-order valence-corrected chi connectivity index (χ3v) is 14.3. The van der Waals surface area contributed by atoms with Gasteiger partial charge in [-0.05, 0) is 140 Å². The molecule has 1 N–H and O–H groups in total. The molecule has 0 radical (unpaired) electrons. The Morgan fingerprint density at radius 2 is 1.78 bits per heavy atom. The molecule has 3 aliphatic rings. The largest absolute Gasteiger partial charge is 0.527 e. The Kier molecular flexibility index (Phi) is 14.8. The summed E-state index contributed by atoms with van der Waals surface area (Å²) in [6, 6.07) is 22.1. The normalized spacial score (nSPS) is 23.1. The van der Waals surface area contributed by atoms with E-state index in [9.17, 15) is 32.2 Å². The van der Waals surface area contributed by atoms with Crippen LogP contribution in [0.15, 0.2) is 85.1 Å². The number of aryl methyl sites for hydroxylation is 1. The van der Waals surface area contributed by atoms with Gasteiger partial charge in [0.15, 0.2) is 0 Å². The van der Waals surface area contributed by atoms with Crippen molar-refractivity contribution in [1.29, 1.82) is 0 Å². The summed E-state index contributed by atoms with van der Waals surface area (Å²) in [6.45, 7) is 5.26. The number of phosphoric acid groups is 1. The Bertz CT molecular complexity index is 2330. The molecule has 1 heterocycles. The Balaban J connectivity index is 1.15. The monoisotopic (exact) mass is 926 g/mol. The van der Waals surface area contributed by atoms with Crippen molar-refractivity contribution in [2.45, 2.75) is 108 Å². The number of rotatable bonds is 17. The minimum atomic E-state index is -5.33. The zero-order chi connectivity index (χ0) is 45.7. The number of pyridine rings is 1. The lowest BCUT2D eigenvalue weighted by molar-refractivity contribution is -0.174. The van der Waals surface area contributed by atoms with E-state index in [2.05, 4.69) is 18.8 Å². The van der Waals surface area contributed by atoms with E-state index in [4.69, 9.17) is 34.9 Å². The molecule has 1 saturated carbocycles. The van der Waals surface area contributed by atoms with Crippen molar-refractivity contribution >= 4 is 37.0 Å². The van der Waals surface area contributed by atoms with Crippen molar-refractivity contribution in [3.05, 3.63) is 118 Å². The molecule has 344 valence electrons. The number of esters is 1. The van der Waals surface area contributed by atoms with Crippen LogP contribution in [0.3, 0.4) is 0 Å². The van der Waals surface area contributed by atoms with E-state index >= 15 is 0 Å². The molecule has 0 aliphatic heterocycles. The predicted molar refractivity (Wildman–Crippen MR) is 236 cm³/mol. The number of anilines is 1. The molecular weight excluding hydrogens is 872 g/mol. The number of nitrogens with zero attached hydrogens (tertiary/aromatic N) is 2. The molecule has 1 unspecified atom stereocenters. The SMILES string of the molecule is COC(=O)C1(N(C(=O)C(F)(F)F)c2cccc(Cl)c2)CCC2(CC1)c1cc(OP(=O)(O)OCCCOCc3ccccc3)ccc1C[C@@H]2C[C@@H](C)COc1ccnc2c1[C@H](C)CCC2. The zero-order valence-electron chi connectivity index (χ0n) is 36.3. The quantitative estimate of drug-likeness (QED) is 0.0620. The fourth-order valence-electron chi connectivity index (χ4n) is 10.2. The van der Waals surface area contributed by atoms with Gasteiger partial charge in [0, 0.05) is 34.8 Å². The molecule has 16 heteroatoms. The Labute approximate surface area is 377 Å². The summed E-state index contributed by atoms with van der Waals surface area (Å²) in [6.07, 6.45) is 1.02. The summed E-state index contributed by atoms with van der Waals surface area (Å²) in [5, 5.41) is 0.0848. The summed E-state index contributed by atoms with van der Waals surface area (Å²) in [4.78, 5) is 43.3. The molecule has 4 aromatic rings. The number of carbonyl (C=O) groups excluding carboxylic acids is 2. The van der Waals surface area contributed by atoms with Crippen LogP contribution in [0.1, 0.15) is 99.1 Å². The molecule has 0 saturated heterocycles. The maximum absolute atomic E-state index is 14.5. The number of aromatic nitrogens is 1. The van der Waals surface area contributed by atoms with Gasteiger partial charge in [-0.15, -0.1) is 0 Å². The molecule has 7 rings (SSSR count). The number of phosphoric ester groups is 1. The summed E-state index contributed by atoms with van der Waals surface area (Å²) >= 11 is 6.25. The van der Waals surface area contributed by atoms with E-state index in [-0.39, 0.29) is 60.6 Å². The van der Waals surface area contributed by atoms with Gasteiger partial charge in [-0.25, -0.2) is 9.36 Å². The van der Waals surface area contributed by atoms with Gasteiger partial charge in [-0.2, -0.15) is 13.2 Å². The van der Waals surface area contributed by atoms with Crippen LogP contribution in [0.4, 0.5) is 18.9 Å². The minimum absolute atomic E-state index is 0.0133. The average molecular weight is 927 g/mol. The van der Waals surface area contributed by atoms with E-state index < -0.39 is 36.8 Å². The third kappa shape index (κ3) is 10.5. The van der Waals surface area contributed by atoms with Gasteiger partial charge in [0.1, 0.15) is 17.0 Å². The zero-order valence-corrected chi connectivity index (χ0v) is 37.9. The molecule has 1 amide bonds. The minimum Gasteiger partial charge on any atom is -0.493 e. The molecule has 0 bridgehead atoms. The first-order valence-corrected chi connectivity index (χ1v) is 23.7. The smallest absolute Gasteiger partial charge is 0.493 e. The molecule has 3 aromatic carbocycles. The van der Waals surface area contributed by atoms with Crippen LogP contribution >= 0.6 is 19.4 Å². The van der Waals surface area contributed by atoms with E-state index in [1.165, 1.54) is 24.3 Å². The van der Waals surface area contributed by atoms with Crippen molar-refractivity contribution in [3.63, 3.8) is 0 Å². The number of fused-ring (bicyclic) bond motifs is 3. The predicted octanol–water partition coefficient (Wildman–Crippen LogP) is 10.9. The van der Waals surface area contributed by atoms with Gasteiger partial charge in [-0.1, -0.05) is 67.9 Å². The number of hydrogen-bond acceptors (Lipinski definition) is 9. The lowest BCUT2D eigenvalue weighted by atomic mass is 9.59. The van der Waals surface area contributed by atoms with Crippen molar-refractivity contribution < 1.29 is 55.5 Å². The fraction of sp³-hybridized carbons (Fsp3) is 0.479. The Morgan fingerprint density at radius 3 is 2.50 bits per heavy atom. The van der Waals surface area contributed by atoms with E-state index in [0.29, 0.717) is 49.9 Å². The molecule has 64 heavy (non-hydrogen) atoms. The summed E-state index contributed by atoms with van der Waals surface area (Å²) in [5.41, 5.74) is 1.97. The van der Waals surface area contributed by atoms with Crippen LogP contribution in [-0.4, -0.2) is 60.4 Å². The lowest BCUT2D eigenvalue weighted by Crippen LogP contribution is -2.63. The molecule has 1 aromatic heterocycles. The topological polar surface area (TPSA) is 134 Å². The van der Waals surface area contributed by atoms with Crippen LogP contribution in [0, 0.1) is 11.8 Å². The molecule has 1 fully saturated rings. The van der Waals surface area contributed by atoms with Gasteiger partial charge >= 0.3 is 25.9 Å². The molecule has 11 nitrogen and oxygen atoms in total. The standard InChI is InChI=1S/C48H55ClF3N2O9P/c1-32(30-61-42-18-23-53-41-15-7-10-33(2)43(41)42)26-36-27-35-16-17-39(63-64(57,58)62-25-9-24-60-31-34-11-5-4-6-12-34)29-40(35)46(36)19-21-47(22-20-46,45(56)59-3)54(44(55)48(50,51)52)38-14-8-13-37(49)28-38/h4-6,8,11-14,16-18,23,28-29,32-33,36H,7,9-10,15,19-22,24-27,30-31H2,1-3H3,(H,57,58)/t32-,33-,36+,46?,47?/m1/s1. The summed E-state index contributed by atoms with van der Waals surface area (Å²) < 4.78 is 85.1. The first-order valence-electron chi connectivity index (χ1n) is 21.8. The first kappa shape index (κ1) is 47.5. The second kappa shape index (κ2) is 20.0. The number of benzene rings is 3. The number of alkyl halides is 3. The Morgan fingerprint density at radius 1 is 1.02 bits per heavy atom. The second-order valence-corrected chi connectivity index (χ2v) is 19.2. The van der Waals surface area contributed by atoms with Gasteiger partial charge in [0.2, 0.25) is 0 Å². The van der Waals surface area contributed by atoms with E-state index in [1.54, 1.807) is 18.3 Å². The van der Waals surface area contributed by atoms with E-state index in [1.807, 2.05) is 42.5 Å². The van der Waals surface area contributed by atoms with Crippen LogP contribution in [0.25, 0.3) is 0 Å². The molecule has 1 spiro atoms. The maximum Gasteiger partial charge on any atom is 0.527 e. The van der Waals surface area contributed by atoms with Crippen LogP contribution < -0.4 is 14.2 Å². The Hall–Kier alpha value is -4.46. The number of ether oxygens (including phenoxy) is 3. The highest BCUT2D eigenvalue weighted by atomic mass is 35.5. The molecular formula is C48H55ClF3N2O9P. The van der Waals surface area contributed by atoms with Gasteiger partial charge in [-0.3, -0.25) is 24.1 Å². The number of methoxy groups -OCH3 is 1. The summed E-state index contributed by atoms with van der Waals surface area (Å²) in [5.74, 6) is -2.06. The third-order valence-electron chi connectivity index (χ3n) is 13.1. The van der Waals surface area contributed by atoms with Crippen molar-refractivity contribution in [2.24, 2.45) is 11.8 Å². The van der Waals surface area contributed by atoms with Crippen LogP contribution in [0.2, 0.25) is 5.02 Å². The van der Waals surface area contributed by atoms with Crippen LogP contribution in [0.5, 0.6) is 11.5 Å². The van der Waals surface area contributed by atoms with Crippen molar-refractivity contribution in [1.82, 2.24) is 4.98 Å². The van der Waals surface area contributed by atoms with E-state index in [0.717, 1.165) is 60.1 Å². The van der Waals surface area contributed by atoms with Crippen LogP contribution in [-0.2, 0) is 53.0 Å². The van der Waals surface area contributed by atoms with Gasteiger partial charge in [0.25, 0.3) is 0 Å². The highest BCUT2D eigenvalue weighted by Gasteiger charge is 2.60. The van der Waals surface area contributed by atoms with Gasteiger partial charge in [0.05, 0.1) is 26.9 Å². The second-order valence-electron chi connectivity index (χ2n) is 17.4. The average Bonchev–Trinajstić information content (AvgIpc) is 3.55. The number of halogens is 4.